The Morgan fingerprint density at radius 3 is 2.39 bits per heavy atom. The van der Waals surface area contributed by atoms with Crippen LogP contribution in [0.3, 0.4) is 0 Å². The fourth-order valence-corrected chi connectivity index (χ4v) is 1.91. The van der Waals surface area contributed by atoms with E-state index in [1.807, 2.05) is 6.92 Å². The largest absolute Gasteiger partial charge is 0.480 e. The molecular formula is C14H29NO3. The highest BCUT2D eigenvalue weighted by molar-refractivity contribution is 5.77. The van der Waals surface area contributed by atoms with E-state index in [1.54, 1.807) is 0 Å². The molecule has 0 radical (unpaired) electrons. The predicted octanol–water partition coefficient (Wildman–Crippen LogP) is 2.94. The Labute approximate surface area is 111 Å². The molecule has 0 aromatic carbocycles. The van der Waals surface area contributed by atoms with Crippen LogP contribution in [0.1, 0.15) is 65.7 Å². The number of carboxylic acid groups (broad SMARTS) is 1. The second-order valence-corrected chi connectivity index (χ2v) is 5.38. The summed E-state index contributed by atoms with van der Waals surface area (Å²) in [5.74, 6) is -0.975. The summed E-state index contributed by atoms with van der Waals surface area (Å²) < 4.78 is 5.59. The standard InChI is InChI=1S/C14H29NO3/c1-4-5-6-7-8-9-10-18-12(2)11-14(3,15)13(16)17/h12H,4-11,15H2,1-3H3,(H,16,17). The Bertz CT molecular complexity index is 229. The zero-order chi connectivity index (χ0) is 14.0. The molecule has 0 fully saturated rings. The van der Waals surface area contributed by atoms with E-state index < -0.39 is 11.5 Å². The normalized spacial score (nSPS) is 16.2. The molecule has 0 amide bonds. The van der Waals surface area contributed by atoms with Crippen molar-refractivity contribution in [2.24, 2.45) is 5.73 Å². The number of carboxylic acids is 1. The second-order valence-electron chi connectivity index (χ2n) is 5.38. The zero-order valence-corrected chi connectivity index (χ0v) is 12.1. The number of nitrogens with two attached hydrogens (primary N) is 1. The molecule has 0 heterocycles. The molecule has 0 bridgehead atoms. The maximum Gasteiger partial charge on any atom is 0.323 e. The lowest BCUT2D eigenvalue weighted by atomic mass is 9.96. The van der Waals surface area contributed by atoms with Crippen molar-refractivity contribution in [2.45, 2.75) is 77.4 Å². The van der Waals surface area contributed by atoms with Crippen LogP contribution in [0.25, 0.3) is 0 Å². The highest BCUT2D eigenvalue weighted by Crippen LogP contribution is 2.13. The summed E-state index contributed by atoms with van der Waals surface area (Å²) in [7, 11) is 0. The van der Waals surface area contributed by atoms with Gasteiger partial charge in [0.15, 0.2) is 0 Å². The van der Waals surface area contributed by atoms with Gasteiger partial charge in [-0.3, -0.25) is 4.79 Å². The molecule has 2 atom stereocenters. The minimum Gasteiger partial charge on any atom is -0.480 e. The summed E-state index contributed by atoms with van der Waals surface area (Å²) in [5, 5.41) is 8.90. The van der Waals surface area contributed by atoms with Crippen molar-refractivity contribution in [3.63, 3.8) is 0 Å². The van der Waals surface area contributed by atoms with E-state index in [0.717, 1.165) is 6.42 Å². The van der Waals surface area contributed by atoms with Gasteiger partial charge in [-0.15, -0.1) is 0 Å². The van der Waals surface area contributed by atoms with Crippen LogP contribution in [0, 0.1) is 0 Å². The molecule has 18 heavy (non-hydrogen) atoms. The van der Waals surface area contributed by atoms with Crippen molar-refractivity contribution in [3.05, 3.63) is 0 Å². The molecule has 0 aliphatic heterocycles. The number of rotatable bonds is 11. The quantitative estimate of drug-likeness (QED) is 0.560. The first-order valence-corrected chi connectivity index (χ1v) is 7.04. The van der Waals surface area contributed by atoms with E-state index in [-0.39, 0.29) is 6.10 Å². The van der Waals surface area contributed by atoms with Gasteiger partial charge < -0.3 is 15.6 Å². The average molecular weight is 259 g/mol. The highest BCUT2D eigenvalue weighted by atomic mass is 16.5. The van der Waals surface area contributed by atoms with Gasteiger partial charge in [0.25, 0.3) is 0 Å². The molecule has 108 valence electrons. The van der Waals surface area contributed by atoms with Crippen LogP contribution in [0.2, 0.25) is 0 Å². The van der Waals surface area contributed by atoms with Crippen LogP contribution in [0.15, 0.2) is 0 Å². The van der Waals surface area contributed by atoms with Crippen molar-refractivity contribution in [3.8, 4) is 0 Å². The molecule has 0 aromatic heterocycles. The Kier molecular flexibility index (Phi) is 9.02. The van der Waals surface area contributed by atoms with Crippen LogP contribution in [-0.4, -0.2) is 29.3 Å². The van der Waals surface area contributed by atoms with E-state index in [2.05, 4.69) is 6.92 Å². The van der Waals surface area contributed by atoms with Gasteiger partial charge in [-0.25, -0.2) is 0 Å². The van der Waals surface area contributed by atoms with Crippen molar-refractivity contribution < 1.29 is 14.6 Å². The topological polar surface area (TPSA) is 72.5 Å². The lowest BCUT2D eigenvalue weighted by Crippen LogP contribution is -2.47. The fourth-order valence-electron chi connectivity index (χ4n) is 1.91. The van der Waals surface area contributed by atoms with E-state index in [9.17, 15) is 4.79 Å². The van der Waals surface area contributed by atoms with Gasteiger partial charge in [-0.2, -0.15) is 0 Å². The van der Waals surface area contributed by atoms with E-state index in [1.165, 1.54) is 39.0 Å². The number of carbonyl (C=O) groups is 1. The first-order valence-electron chi connectivity index (χ1n) is 7.04. The molecule has 0 saturated carbocycles. The molecule has 4 heteroatoms. The maximum absolute atomic E-state index is 10.9. The van der Waals surface area contributed by atoms with Crippen molar-refractivity contribution >= 4 is 5.97 Å². The summed E-state index contributed by atoms with van der Waals surface area (Å²) in [5.41, 5.74) is 4.47. The monoisotopic (exact) mass is 259 g/mol. The van der Waals surface area contributed by atoms with E-state index >= 15 is 0 Å². The Morgan fingerprint density at radius 2 is 1.83 bits per heavy atom. The first-order chi connectivity index (χ1) is 8.40. The van der Waals surface area contributed by atoms with Crippen molar-refractivity contribution in [2.75, 3.05) is 6.61 Å². The number of hydrogen-bond donors (Lipinski definition) is 2. The molecular weight excluding hydrogens is 230 g/mol. The third kappa shape index (κ3) is 8.48. The van der Waals surface area contributed by atoms with Gasteiger partial charge in [-0.1, -0.05) is 39.0 Å². The molecule has 4 nitrogen and oxygen atoms in total. The van der Waals surface area contributed by atoms with Crippen LogP contribution < -0.4 is 5.73 Å². The Hall–Kier alpha value is -0.610. The second kappa shape index (κ2) is 9.34. The lowest BCUT2D eigenvalue weighted by molar-refractivity contribution is -0.144. The number of hydrogen-bond acceptors (Lipinski definition) is 3. The molecule has 0 spiro atoms. The molecule has 0 aromatic rings. The molecule has 2 unspecified atom stereocenters. The Balaban J connectivity index is 3.54. The van der Waals surface area contributed by atoms with E-state index in [0.29, 0.717) is 13.0 Å². The molecule has 0 aliphatic rings. The first kappa shape index (κ1) is 17.4. The van der Waals surface area contributed by atoms with Gasteiger partial charge in [0.1, 0.15) is 5.54 Å². The van der Waals surface area contributed by atoms with Gasteiger partial charge in [0.2, 0.25) is 0 Å². The predicted molar refractivity (Wildman–Crippen MR) is 73.6 cm³/mol. The third-order valence-electron chi connectivity index (χ3n) is 3.10. The highest BCUT2D eigenvalue weighted by Gasteiger charge is 2.30. The summed E-state index contributed by atoms with van der Waals surface area (Å²) in [6.45, 7) is 6.31. The molecule has 0 aliphatic carbocycles. The average Bonchev–Trinajstić information content (AvgIpc) is 2.27. The van der Waals surface area contributed by atoms with Crippen molar-refractivity contribution in [1.82, 2.24) is 0 Å². The Morgan fingerprint density at radius 1 is 1.28 bits per heavy atom. The smallest absolute Gasteiger partial charge is 0.323 e. The third-order valence-corrected chi connectivity index (χ3v) is 3.10. The maximum atomic E-state index is 10.9. The minimum atomic E-state index is -1.19. The summed E-state index contributed by atoms with van der Waals surface area (Å²) in [6.07, 6.45) is 7.60. The van der Waals surface area contributed by atoms with Crippen LogP contribution in [0.5, 0.6) is 0 Å². The summed E-state index contributed by atoms with van der Waals surface area (Å²) in [6, 6.07) is 0. The van der Waals surface area contributed by atoms with Gasteiger partial charge in [0, 0.05) is 13.0 Å². The van der Waals surface area contributed by atoms with Crippen LogP contribution >= 0.6 is 0 Å². The molecule has 0 saturated heterocycles. The van der Waals surface area contributed by atoms with Gasteiger partial charge in [0.05, 0.1) is 6.10 Å². The number of ether oxygens (including phenoxy) is 1. The zero-order valence-electron chi connectivity index (χ0n) is 12.1. The van der Waals surface area contributed by atoms with Crippen LogP contribution in [-0.2, 0) is 9.53 Å². The minimum absolute atomic E-state index is 0.105. The number of unbranched alkanes of at least 4 members (excludes halogenated alkanes) is 5. The number of aliphatic carboxylic acids is 1. The summed E-state index contributed by atoms with van der Waals surface area (Å²) >= 11 is 0. The fraction of sp³-hybridized carbons (Fsp3) is 0.929. The molecule has 0 rings (SSSR count). The van der Waals surface area contributed by atoms with E-state index in [4.69, 9.17) is 15.6 Å². The van der Waals surface area contributed by atoms with Gasteiger partial charge in [-0.05, 0) is 20.3 Å². The lowest BCUT2D eigenvalue weighted by Gasteiger charge is -2.23. The van der Waals surface area contributed by atoms with Gasteiger partial charge >= 0.3 is 5.97 Å². The SMILES string of the molecule is CCCCCCCCOC(C)CC(C)(N)C(=O)O. The molecule has 3 N–H and O–H groups in total. The van der Waals surface area contributed by atoms with Crippen molar-refractivity contribution in [1.29, 1.82) is 0 Å². The summed E-state index contributed by atoms with van der Waals surface area (Å²) in [4.78, 5) is 10.9. The van der Waals surface area contributed by atoms with Crippen LogP contribution in [0.4, 0.5) is 0 Å².